The molecule has 1 aromatic carbocycles. The van der Waals surface area contributed by atoms with Gasteiger partial charge in [0, 0.05) is 6.42 Å². The van der Waals surface area contributed by atoms with Crippen molar-refractivity contribution in [3.63, 3.8) is 0 Å². The lowest BCUT2D eigenvalue weighted by atomic mass is 10.1. The number of para-hydroxylation sites is 1. The number of hydrogen-bond donors (Lipinski definition) is 2. The van der Waals surface area contributed by atoms with Gasteiger partial charge in [-0.3, -0.25) is 4.79 Å². The van der Waals surface area contributed by atoms with E-state index in [9.17, 15) is 18.0 Å². The van der Waals surface area contributed by atoms with Gasteiger partial charge in [-0.2, -0.15) is 13.2 Å². The van der Waals surface area contributed by atoms with Crippen LogP contribution in [0.2, 0.25) is 0 Å². The number of nitrogens with zero attached hydrogens (tertiary/aromatic N) is 3. The fourth-order valence-electron chi connectivity index (χ4n) is 2.07. The number of hydrogen-bond acceptors (Lipinski definition) is 5. The normalized spacial score (nSPS) is 12.8. The Labute approximate surface area is 147 Å². The average Bonchev–Trinajstić information content (AvgIpc) is 2.88. The molecular weight excluding hydrogens is 355 g/mol. The zero-order valence-electron chi connectivity index (χ0n) is 13.7. The molecule has 0 saturated carbocycles. The molecule has 2 aromatic rings. The molecule has 1 aromatic heterocycles. The predicted octanol–water partition coefficient (Wildman–Crippen LogP) is 3.08. The first-order valence-electron chi connectivity index (χ1n) is 7.57. The number of thioether (sulfide) groups is 1. The van der Waals surface area contributed by atoms with Crippen LogP contribution in [0.1, 0.15) is 31.7 Å². The van der Waals surface area contributed by atoms with E-state index in [-0.39, 0.29) is 5.69 Å². The molecule has 0 aliphatic heterocycles. The summed E-state index contributed by atoms with van der Waals surface area (Å²) in [7, 11) is 0. The summed E-state index contributed by atoms with van der Waals surface area (Å²) in [5.41, 5.74) is -1.18. The van der Waals surface area contributed by atoms with Gasteiger partial charge in [-0.25, -0.2) is 4.68 Å². The minimum atomic E-state index is -4.55. The molecule has 2 rings (SSSR count). The Morgan fingerprint density at radius 3 is 2.68 bits per heavy atom. The first-order valence-corrected chi connectivity index (χ1v) is 8.45. The second kappa shape index (κ2) is 7.77. The Bertz CT molecular complexity index is 747. The van der Waals surface area contributed by atoms with Gasteiger partial charge in [-0.05, 0) is 25.5 Å². The number of nitrogens with two attached hydrogens (primary N) is 1. The van der Waals surface area contributed by atoms with Crippen LogP contribution in [-0.2, 0) is 17.4 Å². The third kappa shape index (κ3) is 4.65. The van der Waals surface area contributed by atoms with Crippen molar-refractivity contribution in [2.75, 3.05) is 11.2 Å². The molecule has 0 bridgehead atoms. The van der Waals surface area contributed by atoms with Gasteiger partial charge in [0.25, 0.3) is 0 Å². The standard InChI is InChI=1S/C15H18F3N5OS/c1-3-6-12-21-22-14(23(12)19)25-9(2)13(24)20-11-8-5-4-7-10(11)15(16,17)18/h4-5,7-9H,3,6,19H2,1-2H3,(H,20,24)/t9-/m0/s1. The number of nitrogen functional groups attached to an aromatic ring is 1. The largest absolute Gasteiger partial charge is 0.418 e. The molecule has 25 heavy (non-hydrogen) atoms. The lowest BCUT2D eigenvalue weighted by Crippen LogP contribution is -2.25. The van der Waals surface area contributed by atoms with Crippen molar-refractivity contribution in [3.8, 4) is 0 Å². The van der Waals surface area contributed by atoms with Crippen molar-refractivity contribution >= 4 is 23.4 Å². The lowest BCUT2D eigenvalue weighted by Gasteiger charge is -2.15. The van der Waals surface area contributed by atoms with E-state index in [2.05, 4.69) is 15.5 Å². The maximum Gasteiger partial charge on any atom is 0.418 e. The molecule has 0 radical (unpaired) electrons. The third-order valence-corrected chi connectivity index (χ3v) is 4.41. The number of aromatic nitrogens is 3. The maximum absolute atomic E-state index is 13.0. The zero-order chi connectivity index (χ0) is 18.6. The minimum Gasteiger partial charge on any atom is -0.336 e. The van der Waals surface area contributed by atoms with Crippen molar-refractivity contribution in [3.05, 3.63) is 35.7 Å². The monoisotopic (exact) mass is 373 g/mol. The summed E-state index contributed by atoms with van der Waals surface area (Å²) in [6.45, 7) is 3.53. The van der Waals surface area contributed by atoms with Crippen LogP contribution in [-0.4, -0.2) is 26.0 Å². The molecule has 0 fully saturated rings. The number of nitrogens with one attached hydrogen (secondary N) is 1. The second-order valence-corrected chi connectivity index (χ2v) is 6.62. The molecule has 0 unspecified atom stereocenters. The Balaban J connectivity index is 2.09. The fraction of sp³-hybridized carbons (Fsp3) is 0.400. The van der Waals surface area contributed by atoms with Gasteiger partial charge in [0.05, 0.1) is 16.5 Å². The van der Waals surface area contributed by atoms with Crippen molar-refractivity contribution in [1.29, 1.82) is 0 Å². The van der Waals surface area contributed by atoms with E-state index in [1.54, 1.807) is 6.92 Å². The second-order valence-electron chi connectivity index (χ2n) is 5.31. The van der Waals surface area contributed by atoms with Gasteiger partial charge < -0.3 is 11.2 Å². The predicted molar refractivity (Wildman–Crippen MR) is 89.6 cm³/mol. The van der Waals surface area contributed by atoms with E-state index in [1.807, 2.05) is 6.92 Å². The highest BCUT2D eigenvalue weighted by molar-refractivity contribution is 8.00. The Kier molecular flexibility index (Phi) is 5.93. The van der Waals surface area contributed by atoms with Crippen LogP contribution in [0, 0.1) is 0 Å². The van der Waals surface area contributed by atoms with Crippen molar-refractivity contribution in [1.82, 2.24) is 14.9 Å². The van der Waals surface area contributed by atoms with E-state index in [0.717, 1.165) is 24.2 Å². The number of aryl methyl sites for hydroxylation is 1. The highest BCUT2D eigenvalue weighted by Gasteiger charge is 2.34. The molecule has 1 atom stereocenters. The summed E-state index contributed by atoms with van der Waals surface area (Å²) in [6, 6.07) is 4.82. The summed E-state index contributed by atoms with van der Waals surface area (Å²) in [5, 5.41) is 9.78. The quantitative estimate of drug-likeness (QED) is 0.600. The van der Waals surface area contributed by atoms with E-state index in [4.69, 9.17) is 5.84 Å². The number of carbonyl (C=O) groups excluding carboxylic acids is 1. The number of carbonyl (C=O) groups is 1. The van der Waals surface area contributed by atoms with Crippen molar-refractivity contribution in [2.24, 2.45) is 0 Å². The Hall–Kier alpha value is -2.23. The Morgan fingerprint density at radius 1 is 1.36 bits per heavy atom. The van der Waals surface area contributed by atoms with Gasteiger partial charge in [-0.1, -0.05) is 30.8 Å². The highest BCUT2D eigenvalue weighted by Crippen LogP contribution is 2.35. The van der Waals surface area contributed by atoms with Crippen molar-refractivity contribution < 1.29 is 18.0 Å². The van der Waals surface area contributed by atoms with Crippen LogP contribution in [0.3, 0.4) is 0 Å². The van der Waals surface area contributed by atoms with E-state index in [0.29, 0.717) is 17.4 Å². The summed E-state index contributed by atoms with van der Waals surface area (Å²) >= 11 is 1.03. The average molecular weight is 373 g/mol. The third-order valence-electron chi connectivity index (χ3n) is 3.35. The summed E-state index contributed by atoms with van der Waals surface area (Å²) in [4.78, 5) is 12.2. The molecule has 0 spiro atoms. The summed E-state index contributed by atoms with van der Waals surface area (Å²) in [6.07, 6.45) is -3.07. The van der Waals surface area contributed by atoms with Crippen LogP contribution < -0.4 is 11.2 Å². The minimum absolute atomic E-state index is 0.284. The topological polar surface area (TPSA) is 85.8 Å². The molecule has 1 amide bonds. The van der Waals surface area contributed by atoms with Gasteiger partial charge in [0.1, 0.15) is 0 Å². The van der Waals surface area contributed by atoms with Crippen molar-refractivity contribution in [2.45, 2.75) is 43.3 Å². The van der Waals surface area contributed by atoms with Crippen LogP contribution in [0.25, 0.3) is 0 Å². The molecule has 1 heterocycles. The summed E-state index contributed by atoms with van der Waals surface area (Å²) < 4.78 is 40.2. The van der Waals surface area contributed by atoms with Gasteiger partial charge in [0.2, 0.25) is 11.1 Å². The molecule has 0 saturated heterocycles. The molecule has 0 aliphatic carbocycles. The van der Waals surface area contributed by atoms with E-state index in [1.165, 1.54) is 22.9 Å². The number of halogens is 3. The molecular formula is C15H18F3N5OS. The first kappa shape index (κ1) is 19.1. The van der Waals surface area contributed by atoms with E-state index < -0.39 is 22.9 Å². The number of benzene rings is 1. The molecule has 3 N–H and O–H groups in total. The summed E-state index contributed by atoms with van der Waals surface area (Å²) in [5.74, 6) is 5.86. The SMILES string of the molecule is CCCc1nnc(S[C@@H](C)C(=O)Nc2ccccc2C(F)(F)F)n1N. The number of anilines is 1. The Morgan fingerprint density at radius 2 is 2.04 bits per heavy atom. The zero-order valence-corrected chi connectivity index (χ0v) is 14.5. The number of amides is 1. The molecule has 136 valence electrons. The molecule has 0 aliphatic rings. The van der Waals surface area contributed by atoms with Gasteiger partial charge in [-0.15, -0.1) is 10.2 Å². The highest BCUT2D eigenvalue weighted by atomic mass is 32.2. The molecule has 6 nitrogen and oxygen atoms in total. The van der Waals surface area contributed by atoms with E-state index >= 15 is 0 Å². The van der Waals surface area contributed by atoms with Gasteiger partial charge in [0.15, 0.2) is 5.82 Å². The smallest absolute Gasteiger partial charge is 0.336 e. The van der Waals surface area contributed by atoms with Crippen LogP contribution >= 0.6 is 11.8 Å². The molecule has 10 heteroatoms. The fourth-order valence-corrected chi connectivity index (χ4v) is 2.86. The number of alkyl halides is 3. The van der Waals surface area contributed by atoms with Crippen LogP contribution in [0.15, 0.2) is 29.4 Å². The number of rotatable bonds is 6. The van der Waals surface area contributed by atoms with Gasteiger partial charge >= 0.3 is 6.18 Å². The van der Waals surface area contributed by atoms with Crippen LogP contribution in [0.5, 0.6) is 0 Å². The first-order chi connectivity index (χ1) is 11.7. The lowest BCUT2D eigenvalue weighted by molar-refractivity contribution is -0.137. The van der Waals surface area contributed by atoms with Crippen LogP contribution in [0.4, 0.5) is 18.9 Å². The maximum atomic E-state index is 13.0.